The van der Waals surface area contributed by atoms with Gasteiger partial charge in [0, 0.05) is 30.2 Å². The monoisotopic (exact) mass is 307 g/mol. The third-order valence-corrected chi connectivity index (χ3v) is 4.45. The number of nitrogens with zero attached hydrogens (tertiary/aromatic N) is 3. The molecule has 1 aliphatic carbocycles. The van der Waals surface area contributed by atoms with Crippen molar-refractivity contribution in [1.29, 1.82) is 0 Å². The van der Waals surface area contributed by atoms with E-state index in [9.17, 15) is 4.79 Å². The Hall–Kier alpha value is -1.60. The van der Waals surface area contributed by atoms with Crippen molar-refractivity contribution >= 4 is 28.0 Å². The molecule has 0 radical (unpaired) electrons. The Kier molecular flexibility index (Phi) is 3.86. The molecule has 2 aromatic heterocycles. The van der Waals surface area contributed by atoms with Crippen molar-refractivity contribution in [3.63, 3.8) is 0 Å². The zero-order valence-electron chi connectivity index (χ0n) is 12.4. The van der Waals surface area contributed by atoms with E-state index in [1.165, 1.54) is 12.8 Å². The van der Waals surface area contributed by atoms with Gasteiger partial charge in [0.05, 0.1) is 12.2 Å². The van der Waals surface area contributed by atoms with Crippen molar-refractivity contribution in [2.24, 2.45) is 5.73 Å². The number of anilines is 1. The van der Waals surface area contributed by atoms with E-state index in [0.29, 0.717) is 6.04 Å². The molecule has 1 saturated carbocycles. The van der Waals surface area contributed by atoms with Gasteiger partial charge in [0.1, 0.15) is 0 Å². The predicted molar refractivity (Wildman–Crippen MR) is 84.6 cm³/mol. The number of nitrogens with one attached hydrogen (secondary N) is 1. The second-order valence-electron chi connectivity index (χ2n) is 5.78. The quantitative estimate of drug-likeness (QED) is 0.809. The zero-order chi connectivity index (χ0) is 15.0. The molecular formula is C14H21N5OS. The summed E-state index contributed by atoms with van der Waals surface area (Å²) >= 11 is 1.60. The number of nitrogens with two attached hydrogens (primary N) is 1. The summed E-state index contributed by atoms with van der Waals surface area (Å²) in [4.78, 5) is 19.0. The number of hydrogen-bond acceptors (Lipinski definition) is 5. The highest BCUT2D eigenvalue weighted by atomic mass is 32.1. The van der Waals surface area contributed by atoms with E-state index >= 15 is 0 Å². The lowest BCUT2D eigenvalue weighted by Crippen LogP contribution is -2.39. The number of carbonyl (C=O) groups is 1. The lowest BCUT2D eigenvalue weighted by Gasteiger charge is -2.26. The van der Waals surface area contributed by atoms with Gasteiger partial charge in [-0.15, -0.1) is 11.3 Å². The summed E-state index contributed by atoms with van der Waals surface area (Å²) in [6, 6.07) is 0.799. The van der Waals surface area contributed by atoms with Gasteiger partial charge < -0.3 is 16.0 Å². The molecule has 21 heavy (non-hydrogen) atoms. The molecule has 0 aliphatic heterocycles. The molecule has 1 aliphatic rings. The molecule has 1 amide bonds. The lowest BCUT2D eigenvalue weighted by molar-refractivity contribution is -0.116. The molecule has 0 aromatic carbocycles. The maximum Gasteiger partial charge on any atom is 0.237 e. The van der Waals surface area contributed by atoms with Crippen LogP contribution in [0.15, 0.2) is 11.6 Å². The second kappa shape index (κ2) is 5.65. The standard InChI is InChI=1S/C14H21N5OS/c1-9(2)19(8-12(15)20)13-11(7-16-10-3-4-10)18-5-6-21-14(18)17-13/h5-6,9-10,16H,3-4,7-8H2,1-2H3,(H2,15,20). The molecule has 0 unspecified atom stereocenters. The number of amides is 1. The molecule has 3 rings (SSSR count). The van der Waals surface area contributed by atoms with Gasteiger partial charge >= 0.3 is 0 Å². The summed E-state index contributed by atoms with van der Waals surface area (Å²) in [5.74, 6) is 0.532. The maximum atomic E-state index is 11.4. The Bertz CT molecular complexity index is 643. The van der Waals surface area contributed by atoms with E-state index in [1.807, 2.05) is 16.5 Å². The number of hydrogen-bond donors (Lipinski definition) is 2. The van der Waals surface area contributed by atoms with E-state index in [-0.39, 0.29) is 18.5 Å². The molecule has 0 spiro atoms. The SMILES string of the molecule is CC(C)N(CC(N)=O)c1nc2sccn2c1CNC1CC1. The van der Waals surface area contributed by atoms with E-state index in [4.69, 9.17) is 10.7 Å². The first-order valence-corrected chi connectivity index (χ1v) is 8.17. The number of aromatic nitrogens is 2. The number of imidazole rings is 1. The highest BCUT2D eigenvalue weighted by molar-refractivity contribution is 7.15. The minimum Gasteiger partial charge on any atom is -0.368 e. The van der Waals surface area contributed by atoms with Crippen LogP contribution in [0.5, 0.6) is 0 Å². The Labute approximate surface area is 127 Å². The fraction of sp³-hybridized carbons (Fsp3) is 0.571. The summed E-state index contributed by atoms with van der Waals surface area (Å²) in [6.07, 6.45) is 4.52. The summed E-state index contributed by atoms with van der Waals surface area (Å²) in [5.41, 5.74) is 6.50. The summed E-state index contributed by atoms with van der Waals surface area (Å²) < 4.78 is 2.10. The Morgan fingerprint density at radius 2 is 2.38 bits per heavy atom. The average molecular weight is 307 g/mol. The van der Waals surface area contributed by atoms with E-state index in [2.05, 4.69) is 23.6 Å². The van der Waals surface area contributed by atoms with Crippen molar-refractivity contribution in [2.45, 2.75) is 45.3 Å². The van der Waals surface area contributed by atoms with Gasteiger partial charge in [0.15, 0.2) is 10.8 Å². The van der Waals surface area contributed by atoms with Gasteiger partial charge in [-0.2, -0.15) is 0 Å². The van der Waals surface area contributed by atoms with E-state index < -0.39 is 0 Å². The van der Waals surface area contributed by atoms with Gasteiger partial charge in [0.2, 0.25) is 5.91 Å². The van der Waals surface area contributed by atoms with Gasteiger partial charge in [-0.3, -0.25) is 9.20 Å². The minimum atomic E-state index is -0.332. The molecule has 2 aromatic rings. The third kappa shape index (κ3) is 3.03. The zero-order valence-corrected chi connectivity index (χ0v) is 13.2. The molecule has 6 nitrogen and oxygen atoms in total. The molecule has 114 valence electrons. The van der Waals surface area contributed by atoms with Crippen molar-refractivity contribution in [2.75, 3.05) is 11.4 Å². The van der Waals surface area contributed by atoms with Crippen molar-refractivity contribution < 1.29 is 4.79 Å². The Balaban J connectivity index is 1.95. The number of rotatable bonds is 7. The van der Waals surface area contributed by atoms with E-state index in [0.717, 1.165) is 23.0 Å². The topological polar surface area (TPSA) is 75.7 Å². The fourth-order valence-electron chi connectivity index (χ4n) is 2.41. The van der Waals surface area contributed by atoms with Crippen molar-refractivity contribution in [3.05, 3.63) is 17.3 Å². The average Bonchev–Trinajstić information content (AvgIpc) is 3.02. The molecule has 7 heteroatoms. The predicted octanol–water partition coefficient (Wildman–Crippen LogP) is 1.35. The van der Waals surface area contributed by atoms with Crippen LogP contribution in [0.2, 0.25) is 0 Å². The number of thiazole rings is 1. The van der Waals surface area contributed by atoms with Gasteiger partial charge in [-0.1, -0.05) is 0 Å². The summed E-state index contributed by atoms with van der Waals surface area (Å²) in [7, 11) is 0. The van der Waals surface area contributed by atoms with Crippen LogP contribution in [0.25, 0.3) is 4.96 Å². The normalized spacial score (nSPS) is 15.0. The van der Waals surface area contributed by atoms with Crippen LogP contribution in [-0.2, 0) is 11.3 Å². The first-order valence-electron chi connectivity index (χ1n) is 7.29. The van der Waals surface area contributed by atoms with Crippen LogP contribution in [0, 0.1) is 0 Å². The molecule has 3 N–H and O–H groups in total. The number of fused-ring (bicyclic) bond motifs is 1. The highest BCUT2D eigenvalue weighted by Gasteiger charge is 2.25. The first kappa shape index (κ1) is 14.3. The third-order valence-electron chi connectivity index (χ3n) is 3.70. The van der Waals surface area contributed by atoms with Crippen LogP contribution < -0.4 is 16.0 Å². The van der Waals surface area contributed by atoms with Crippen LogP contribution >= 0.6 is 11.3 Å². The number of carbonyl (C=O) groups excluding carboxylic acids is 1. The van der Waals surface area contributed by atoms with Gasteiger partial charge in [-0.25, -0.2) is 4.98 Å². The van der Waals surface area contributed by atoms with Crippen molar-refractivity contribution in [1.82, 2.24) is 14.7 Å². The molecular weight excluding hydrogens is 286 g/mol. The van der Waals surface area contributed by atoms with Crippen LogP contribution in [0.3, 0.4) is 0 Å². The van der Waals surface area contributed by atoms with E-state index in [1.54, 1.807) is 11.3 Å². The fourth-order valence-corrected chi connectivity index (χ4v) is 3.14. The van der Waals surface area contributed by atoms with Gasteiger partial charge in [-0.05, 0) is 26.7 Å². The largest absolute Gasteiger partial charge is 0.368 e. The molecule has 0 atom stereocenters. The lowest BCUT2D eigenvalue weighted by atomic mass is 10.2. The molecule has 0 saturated heterocycles. The molecule has 1 fully saturated rings. The summed E-state index contributed by atoms with van der Waals surface area (Å²) in [6.45, 7) is 5.06. The Morgan fingerprint density at radius 1 is 1.62 bits per heavy atom. The second-order valence-corrected chi connectivity index (χ2v) is 6.65. The molecule has 0 bridgehead atoms. The first-order chi connectivity index (χ1) is 10.1. The van der Waals surface area contributed by atoms with Crippen LogP contribution in [-0.4, -0.2) is 33.9 Å². The van der Waals surface area contributed by atoms with Crippen LogP contribution in [0.4, 0.5) is 5.82 Å². The minimum absolute atomic E-state index is 0.168. The highest BCUT2D eigenvalue weighted by Crippen LogP contribution is 2.27. The van der Waals surface area contributed by atoms with Crippen molar-refractivity contribution in [3.8, 4) is 0 Å². The smallest absolute Gasteiger partial charge is 0.237 e. The maximum absolute atomic E-state index is 11.4. The number of primary amides is 1. The van der Waals surface area contributed by atoms with Crippen LogP contribution in [0.1, 0.15) is 32.4 Å². The van der Waals surface area contributed by atoms with Gasteiger partial charge in [0.25, 0.3) is 0 Å². The summed E-state index contributed by atoms with van der Waals surface area (Å²) in [5, 5.41) is 5.56. The Morgan fingerprint density at radius 3 is 3.00 bits per heavy atom. The molecule has 2 heterocycles.